The molecule has 2 N–H and O–H groups in total. The Labute approximate surface area is 125 Å². The number of carboxylic acids is 1. The second-order valence-electron chi connectivity index (χ2n) is 3.93. The first-order chi connectivity index (χ1) is 10.1. The third kappa shape index (κ3) is 4.12. The van der Waals surface area contributed by atoms with Crippen LogP contribution in [-0.4, -0.2) is 27.0 Å². The predicted octanol–water partition coefficient (Wildman–Crippen LogP) is 2.48. The van der Waals surface area contributed by atoms with Gasteiger partial charge in [-0.1, -0.05) is 17.7 Å². The number of nitrogens with zero attached hydrogens (tertiary/aromatic N) is 2. The number of hydrogen-bond donors (Lipinski definition) is 2. The number of amides is 1. The van der Waals surface area contributed by atoms with Crippen LogP contribution in [0.25, 0.3) is 6.08 Å². The Hall–Kier alpha value is -2.73. The van der Waals surface area contributed by atoms with Crippen LogP contribution in [0, 0.1) is 0 Å². The minimum atomic E-state index is -1.11. The topological polar surface area (TPSA) is 92.2 Å². The zero-order chi connectivity index (χ0) is 15.2. The molecule has 0 aliphatic rings. The molecule has 0 unspecified atom stereocenters. The number of halogens is 1. The second kappa shape index (κ2) is 6.62. The van der Waals surface area contributed by atoms with Crippen LogP contribution in [0.3, 0.4) is 0 Å². The summed E-state index contributed by atoms with van der Waals surface area (Å²) in [4.78, 5) is 30.6. The van der Waals surface area contributed by atoms with Crippen LogP contribution in [0.4, 0.5) is 5.82 Å². The zero-order valence-electron chi connectivity index (χ0n) is 10.7. The molecule has 0 aromatic carbocycles. The molecular formula is C14H10ClN3O3. The summed E-state index contributed by atoms with van der Waals surface area (Å²) >= 11 is 5.71. The zero-order valence-corrected chi connectivity index (χ0v) is 11.4. The fourth-order valence-electron chi connectivity index (χ4n) is 1.53. The molecule has 0 aliphatic carbocycles. The normalized spacial score (nSPS) is 10.5. The molecular weight excluding hydrogens is 294 g/mol. The average Bonchev–Trinajstić information content (AvgIpc) is 2.47. The summed E-state index contributed by atoms with van der Waals surface area (Å²) in [5.74, 6) is -1.27. The number of nitrogens with one attached hydrogen (secondary N) is 1. The second-order valence-corrected chi connectivity index (χ2v) is 4.37. The summed E-state index contributed by atoms with van der Waals surface area (Å²) in [6.45, 7) is 0. The number of carboxylic acid groups (broad SMARTS) is 1. The van der Waals surface area contributed by atoms with E-state index in [2.05, 4.69) is 15.3 Å². The first-order valence-corrected chi connectivity index (χ1v) is 6.23. The molecule has 7 heteroatoms. The van der Waals surface area contributed by atoms with Crippen molar-refractivity contribution in [1.82, 2.24) is 9.97 Å². The van der Waals surface area contributed by atoms with Crippen molar-refractivity contribution in [2.24, 2.45) is 0 Å². The largest absolute Gasteiger partial charge is 0.478 e. The van der Waals surface area contributed by atoms with E-state index >= 15 is 0 Å². The Bertz CT molecular complexity index is 699. The van der Waals surface area contributed by atoms with Gasteiger partial charge in [-0.25, -0.2) is 9.78 Å². The van der Waals surface area contributed by atoms with Crippen LogP contribution < -0.4 is 5.32 Å². The minimum absolute atomic E-state index is 0.103. The van der Waals surface area contributed by atoms with Crippen molar-refractivity contribution in [1.29, 1.82) is 0 Å². The standard InChI is InChI=1S/C14H10ClN3O3/c15-10-4-5-11(17-8-10)18-14(21)13-9(2-1-7-16-13)3-6-12(19)20/h1-8H,(H,19,20)(H,17,18,21)/b6-3+. The van der Waals surface area contributed by atoms with E-state index in [9.17, 15) is 9.59 Å². The summed E-state index contributed by atoms with van der Waals surface area (Å²) in [6.07, 6.45) is 5.09. The van der Waals surface area contributed by atoms with Gasteiger partial charge >= 0.3 is 5.97 Å². The monoisotopic (exact) mass is 303 g/mol. The van der Waals surface area contributed by atoms with Gasteiger partial charge in [0.05, 0.1) is 5.02 Å². The van der Waals surface area contributed by atoms with Gasteiger partial charge in [-0.2, -0.15) is 0 Å². The molecule has 0 spiro atoms. The molecule has 0 atom stereocenters. The van der Waals surface area contributed by atoms with Crippen molar-refractivity contribution >= 4 is 35.4 Å². The van der Waals surface area contributed by atoms with Crippen LogP contribution in [-0.2, 0) is 4.79 Å². The van der Waals surface area contributed by atoms with E-state index in [0.29, 0.717) is 16.4 Å². The fourth-order valence-corrected chi connectivity index (χ4v) is 1.64. The van der Waals surface area contributed by atoms with Gasteiger partial charge in [-0.3, -0.25) is 9.78 Å². The smallest absolute Gasteiger partial charge is 0.328 e. The highest BCUT2D eigenvalue weighted by Gasteiger charge is 2.12. The molecule has 0 bridgehead atoms. The first-order valence-electron chi connectivity index (χ1n) is 5.85. The van der Waals surface area contributed by atoms with Gasteiger partial charge in [0, 0.05) is 24.0 Å². The van der Waals surface area contributed by atoms with E-state index < -0.39 is 11.9 Å². The molecule has 1 amide bonds. The molecule has 2 aromatic heterocycles. The lowest BCUT2D eigenvalue weighted by atomic mass is 10.1. The lowest BCUT2D eigenvalue weighted by molar-refractivity contribution is -0.131. The third-order valence-electron chi connectivity index (χ3n) is 2.43. The van der Waals surface area contributed by atoms with Crippen LogP contribution in [0.1, 0.15) is 16.1 Å². The molecule has 0 radical (unpaired) electrons. The maximum Gasteiger partial charge on any atom is 0.328 e. The van der Waals surface area contributed by atoms with Gasteiger partial charge in [-0.05, 0) is 24.3 Å². The van der Waals surface area contributed by atoms with Gasteiger partial charge < -0.3 is 10.4 Å². The lowest BCUT2D eigenvalue weighted by Crippen LogP contribution is -2.15. The van der Waals surface area contributed by atoms with Crippen LogP contribution >= 0.6 is 11.6 Å². The number of pyridine rings is 2. The molecule has 2 rings (SSSR count). The number of aliphatic carboxylic acids is 1. The quantitative estimate of drug-likeness (QED) is 0.847. The fraction of sp³-hybridized carbons (Fsp3) is 0. The average molecular weight is 304 g/mol. The Morgan fingerprint density at radius 1 is 1.24 bits per heavy atom. The predicted molar refractivity (Wildman–Crippen MR) is 78.1 cm³/mol. The van der Waals surface area contributed by atoms with Crippen molar-refractivity contribution in [3.8, 4) is 0 Å². The van der Waals surface area contributed by atoms with Gasteiger partial charge in [0.2, 0.25) is 0 Å². The molecule has 0 aliphatic heterocycles. The van der Waals surface area contributed by atoms with Crippen molar-refractivity contribution in [3.63, 3.8) is 0 Å². The van der Waals surface area contributed by atoms with Gasteiger partial charge in [0.1, 0.15) is 11.5 Å². The molecule has 6 nitrogen and oxygen atoms in total. The molecule has 106 valence electrons. The van der Waals surface area contributed by atoms with Crippen molar-refractivity contribution in [3.05, 3.63) is 59.0 Å². The number of aromatic nitrogens is 2. The number of rotatable bonds is 4. The molecule has 0 saturated heterocycles. The SMILES string of the molecule is O=C(O)/C=C/c1cccnc1C(=O)Nc1ccc(Cl)cn1. The lowest BCUT2D eigenvalue weighted by Gasteiger charge is -2.06. The molecule has 2 aromatic rings. The Morgan fingerprint density at radius 3 is 2.71 bits per heavy atom. The molecule has 21 heavy (non-hydrogen) atoms. The summed E-state index contributed by atoms with van der Waals surface area (Å²) < 4.78 is 0. The highest BCUT2D eigenvalue weighted by molar-refractivity contribution is 6.30. The highest BCUT2D eigenvalue weighted by atomic mass is 35.5. The molecule has 0 saturated carbocycles. The number of carbonyl (C=O) groups is 2. The first kappa shape index (κ1) is 14.7. The summed E-state index contributed by atoms with van der Waals surface area (Å²) in [7, 11) is 0. The Morgan fingerprint density at radius 2 is 2.05 bits per heavy atom. The highest BCUT2D eigenvalue weighted by Crippen LogP contribution is 2.13. The molecule has 0 fully saturated rings. The molecule has 2 heterocycles. The van der Waals surface area contributed by atoms with Crippen molar-refractivity contribution in [2.45, 2.75) is 0 Å². The van der Waals surface area contributed by atoms with E-state index in [1.165, 1.54) is 18.5 Å². The van der Waals surface area contributed by atoms with Gasteiger partial charge in [0.15, 0.2) is 0 Å². The maximum atomic E-state index is 12.1. The van der Waals surface area contributed by atoms with Gasteiger partial charge in [-0.15, -0.1) is 0 Å². The minimum Gasteiger partial charge on any atom is -0.478 e. The number of carbonyl (C=O) groups excluding carboxylic acids is 1. The Balaban J connectivity index is 2.23. The number of anilines is 1. The summed E-state index contributed by atoms with van der Waals surface area (Å²) in [5, 5.41) is 11.7. The van der Waals surface area contributed by atoms with Crippen molar-refractivity contribution in [2.75, 3.05) is 5.32 Å². The summed E-state index contributed by atoms with van der Waals surface area (Å²) in [6, 6.07) is 6.35. The van der Waals surface area contributed by atoms with Crippen LogP contribution in [0.5, 0.6) is 0 Å². The van der Waals surface area contributed by atoms with Crippen LogP contribution in [0.2, 0.25) is 5.02 Å². The Kier molecular flexibility index (Phi) is 4.63. The van der Waals surface area contributed by atoms with E-state index in [1.54, 1.807) is 24.3 Å². The van der Waals surface area contributed by atoms with E-state index in [1.807, 2.05) is 0 Å². The van der Waals surface area contributed by atoms with E-state index in [4.69, 9.17) is 16.7 Å². The van der Waals surface area contributed by atoms with Crippen LogP contribution in [0.15, 0.2) is 42.7 Å². The summed E-state index contributed by atoms with van der Waals surface area (Å²) in [5.41, 5.74) is 0.498. The third-order valence-corrected chi connectivity index (χ3v) is 2.65. The van der Waals surface area contributed by atoms with Gasteiger partial charge in [0.25, 0.3) is 5.91 Å². The van der Waals surface area contributed by atoms with E-state index in [0.717, 1.165) is 6.08 Å². The van der Waals surface area contributed by atoms with Crippen molar-refractivity contribution < 1.29 is 14.7 Å². The number of hydrogen-bond acceptors (Lipinski definition) is 4. The van der Waals surface area contributed by atoms with E-state index in [-0.39, 0.29) is 5.69 Å². The maximum absolute atomic E-state index is 12.1.